The minimum Gasteiger partial charge on any atom is -0.490 e. The number of nitrogens with zero attached hydrogens (tertiary/aromatic N) is 1. The predicted octanol–water partition coefficient (Wildman–Crippen LogP) is 3.26. The molecule has 8 nitrogen and oxygen atoms in total. The summed E-state index contributed by atoms with van der Waals surface area (Å²) in [5, 5.41) is 2.23. The molecule has 1 N–H and O–H groups in total. The van der Waals surface area contributed by atoms with Crippen LogP contribution in [0.15, 0.2) is 18.2 Å². The molecule has 0 unspecified atom stereocenters. The van der Waals surface area contributed by atoms with Crippen LogP contribution >= 0.6 is 0 Å². The van der Waals surface area contributed by atoms with Gasteiger partial charge in [-0.2, -0.15) is 0 Å². The third-order valence-electron chi connectivity index (χ3n) is 7.07. The molecule has 3 fully saturated rings. The first-order valence-corrected chi connectivity index (χ1v) is 14.4. The Bertz CT molecular complexity index is 1010. The molecular weight excluding hydrogens is 475 g/mol. The third kappa shape index (κ3) is 7.64. The summed E-state index contributed by atoms with van der Waals surface area (Å²) in [5.74, 6) is -0.0646. The molecule has 0 spiro atoms. The number of benzene rings is 1. The van der Waals surface area contributed by atoms with E-state index in [-0.39, 0.29) is 47.6 Å². The number of ether oxygens (including phenoxy) is 2. The molecule has 10 heteroatoms. The van der Waals surface area contributed by atoms with Gasteiger partial charge >= 0.3 is 6.03 Å². The Morgan fingerprint density at radius 2 is 1.89 bits per heavy atom. The molecule has 0 radical (unpaired) electrons. The van der Waals surface area contributed by atoms with E-state index in [4.69, 9.17) is 9.47 Å². The van der Waals surface area contributed by atoms with Crippen molar-refractivity contribution >= 4 is 21.8 Å². The van der Waals surface area contributed by atoms with Crippen molar-refractivity contribution < 1.29 is 31.9 Å². The predicted molar refractivity (Wildman–Crippen MR) is 129 cm³/mol. The normalized spacial score (nSPS) is 20.2. The average Bonchev–Trinajstić information content (AvgIpc) is 3.60. The lowest BCUT2D eigenvalue weighted by atomic mass is 9.82. The summed E-state index contributed by atoms with van der Waals surface area (Å²) in [4.78, 5) is 24.3. The van der Waals surface area contributed by atoms with Crippen molar-refractivity contribution in [2.45, 2.75) is 50.9 Å². The minimum absolute atomic E-state index is 0.00833. The number of halogens is 1. The summed E-state index contributed by atoms with van der Waals surface area (Å²) in [5.41, 5.74) is 0.803. The fourth-order valence-electron chi connectivity index (χ4n) is 4.80. The number of urea groups is 1. The van der Waals surface area contributed by atoms with Gasteiger partial charge in [-0.25, -0.2) is 17.6 Å². The molecule has 4 rings (SSSR count). The van der Waals surface area contributed by atoms with Crippen LogP contribution in [0.3, 0.4) is 0 Å². The van der Waals surface area contributed by atoms with Gasteiger partial charge in [-0.05, 0) is 68.1 Å². The largest absolute Gasteiger partial charge is 0.490 e. The number of carbonyl (C=O) groups excluding carboxylic acids is 2. The van der Waals surface area contributed by atoms with Crippen LogP contribution in [0.5, 0.6) is 5.75 Å². The lowest BCUT2D eigenvalue weighted by Crippen LogP contribution is -2.29. The number of nitrogens with one attached hydrogen (secondary N) is 1. The van der Waals surface area contributed by atoms with Crippen molar-refractivity contribution in [2.75, 3.05) is 44.4 Å². The van der Waals surface area contributed by atoms with E-state index in [9.17, 15) is 22.4 Å². The number of hydrogen-bond acceptors (Lipinski definition) is 6. The van der Waals surface area contributed by atoms with Crippen molar-refractivity contribution in [1.29, 1.82) is 0 Å². The fourth-order valence-corrected chi connectivity index (χ4v) is 6.62. The Labute approximate surface area is 206 Å². The first kappa shape index (κ1) is 25.9. The smallest absolute Gasteiger partial charge is 0.324 e. The number of amides is 3. The van der Waals surface area contributed by atoms with Crippen LogP contribution in [0.25, 0.3) is 0 Å². The number of sulfone groups is 1. The summed E-state index contributed by atoms with van der Waals surface area (Å²) in [6, 6.07) is 4.38. The van der Waals surface area contributed by atoms with E-state index in [1.54, 1.807) is 12.1 Å². The van der Waals surface area contributed by atoms with Gasteiger partial charge in [0.25, 0.3) is 0 Å². The van der Waals surface area contributed by atoms with E-state index >= 15 is 0 Å². The Kier molecular flexibility index (Phi) is 8.64. The van der Waals surface area contributed by atoms with Gasteiger partial charge < -0.3 is 14.4 Å². The highest BCUT2D eigenvalue weighted by Gasteiger charge is 2.31. The van der Waals surface area contributed by atoms with Crippen LogP contribution < -0.4 is 10.1 Å². The maximum absolute atomic E-state index is 14.4. The summed E-state index contributed by atoms with van der Waals surface area (Å²) >= 11 is 0. The van der Waals surface area contributed by atoms with Gasteiger partial charge in [-0.15, -0.1) is 0 Å². The molecular formula is C25H35FN2O6S. The van der Waals surface area contributed by atoms with Crippen LogP contribution in [0.2, 0.25) is 0 Å². The first-order valence-electron chi connectivity index (χ1n) is 12.6. The second kappa shape index (κ2) is 11.7. The van der Waals surface area contributed by atoms with Gasteiger partial charge in [0.2, 0.25) is 5.91 Å². The van der Waals surface area contributed by atoms with Gasteiger partial charge in [0, 0.05) is 25.7 Å². The fraction of sp³-hybridized carbons (Fsp3) is 0.680. The second-order valence-electron chi connectivity index (χ2n) is 9.95. The van der Waals surface area contributed by atoms with Gasteiger partial charge in [0.05, 0.1) is 18.1 Å². The Morgan fingerprint density at radius 3 is 2.57 bits per heavy atom. The van der Waals surface area contributed by atoms with Crippen LogP contribution in [0.4, 0.5) is 9.18 Å². The molecule has 1 aliphatic carbocycles. The molecule has 2 heterocycles. The van der Waals surface area contributed by atoms with Crippen molar-refractivity contribution in [2.24, 2.45) is 11.8 Å². The summed E-state index contributed by atoms with van der Waals surface area (Å²) in [6.45, 7) is 2.18. The number of carbonyl (C=O) groups is 2. The highest BCUT2D eigenvalue weighted by molar-refractivity contribution is 7.91. The average molecular weight is 511 g/mol. The number of hydrogen-bond donors (Lipinski definition) is 1. The molecule has 2 saturated heterocycles. The molecule has 2 aliphatic heterocycles. The standard InChI is InChI=1S/C25H35FN2O6S/c26-22-7-6-20(14-23(22)34-16-18-4-5-18)21(19-8-11-33-12-9-19)17-35(31,32)13-3-1-2-10-28-15-24(29)27-25(28)30/h6-7,14,18-19,21H,1-5,8-13,15-17H2,(H,27,29,30)/t21-/m1/s1. The number of unbranched alkanes of at least 4 members (excludes halogenated alkanes) is 2. The highest BCUT2D eigenvalue weighted by atomic mass is 32.2. The Morgan fingerprint density at radius 1 is 1.11 bits per heavy atom. The molecule has 194 valence electrons. The van der Waals surface area contributed by atoms with E-state index in [1.165, 1.54) is 11.0 Å². The maximum Gasteiger partial charge on any atom is 0.324 e. The number of imide groups is 1. The van der Waals surface area contributed by atoms with Gasteiger partial charge in [-0.3, -0.25) is 10.1 Å². The summed E-state index contributed by atoms with van der Waals surface area (Å²) < 4.78 is 51.8. The van der Waals surface area contributed by atoms with E-state index in [0.717, 1.165) is 31.2 Å². The van der Waals surface area contributed by atoms with Crippen LogP contribution in [0.1, 0.15) is 56.4 Å². The van der Waals surface area contributed by atoms with Crippen LogP contribution in [0, 0.1) is 17.7 Å². The molecule has 3 aliphatic rings. The van der Waals surface area contributed by atoms with Gasteiger partial charge in [0.15, 0.2) is 21.4 Å². The summed E-state index contributed by atoms with van der Waals surface area (Å²) in [7, 11) is -3.36. The van der Waals surface area contributed by atoms with E-state index in [1.807, 2.05) is 0 Å². The van der Waals surface area contributed by atoms with Crippen LogP contribution in [-0.4, -0.2) is 69.7 Å². The van der Waals surface area contributed by atoms with E-state index in [2.05, 4.69) is 5.32 Å². The van der Waals surface area contributed by atoms with E-state index < -0.39 is 15.7 Å². The lowest BCUT2D eigenvalue weighted by molar-refractivity contribution is -0.118. The van der Waals surface area contributed by atoms with Crippen molar-refractivity contribution in [3.8, 4) is 5.75 Å². The van der Waals surface area contributed by atoms with Crippen molar-refractivity contribution in [3.05, 3.63) is 29.6 Å². The molecule has 3 amide bonds. The minimum atomic E-state index is -3.36. The third-order valence-corrected chi connectivity index (χ3v) is 8.85. The van der Waals surface area contributed by atoms with Crippen molar-refractivity contribution in [3.63, 3.8) is 0 Å². The molecule has 1 aromatic rings. The zero-order valence-corrected chi connectivity index (χ0v) is 20.9. The number of rotatable bonds is 13. The molecule has 1 aromatic carbocycles. The SMILES string of the molecule is O=C1CN(CCCCCS(=O)(=O)C[C@@H](c2ccc(F)c(OCC3CC3)c2)C2CCOCC2)C(=O)N1. The highest BCUT2D eigenvalue weighted by Crippen LogP contribution is 2.36. The topological polar surface area (TPSA) is 102 Å². The van der Waals surface area contributed by atoms with Gasteiger partial charge in [0.1, 0.15) is 6.54 Å². The quantitative estimate of drug-likeness (QED) is 0.323. The molecule has 0 bridgehead atoms. The first-order chi connectivity index (χ1) is 16.8. The molecule has 0 aromatic heterocycles. The molecule has 35 heavy (non-hydrogen) atoms. The lowest BCUT2D eigenvalue weighted by Gasteiger charge is -2.31. The monoisotopic (exact) mass is 510 g/mol. The van der Waals surface area contributed by atoms with Crippen molar-refractivity contribution in [1.82, 2.24) is 10.2 Å². The Balaban J connectivity index is 1.35. The second-order valence-corrected chi connectivity index (χ2v) is 12.2. The van der Waals surface area contributed by atoms with Crippen LogP contribution in [-0.2, 0) is 19.4 Å². The van der Waals surface area contributed by atoms with E-state index in [0.29, 0.717) is 51.5 Å². The van der Waals surface area contributed by atoms with Gasteiger partial charge in [-0.1, -0.05) is 12.5 Å². The summed E-state index contributed by atoms with van der Waals surface area (Å²) in [6.07, 6.45) is 5.53. The molecule has 1 saturated carbocycles. The maximum atomic E-state index is 14.4. The Hall–Kier alpha value is -2.20. The zero-order chi connectivity index (χ0) is 24.8. The zero-order valence-electron chi connectivity index (χ0n) is 20.0. The molecule has 1 atom stereocenters.